The van der Waals surface area contributed by atoms with Crippen molar-refractivity contribution in [3.05, 3.63) is 57.8 Å². The number of hydrogen-bond donors (Lipinski definition) is 4. The van der Waals surface area contributed by atoms with Crippen molar-refractivity contribution in [1.29, 1.82) is 0 Å². The van der Waals surface area contributed by atoms with Crippen molar-refractivity contribution >= 4 is 23.2 Å². The van der Waals surface area contributed by atoms with Gasteiger partial charge in [0.2, 0.25) is 5.91 Å². The summed E-state index contributed by atoms with van der Waals surface area (Å²) in [5.41, 5.74) is 6.38. The minimum Gasteiger partial charge on any atom is -0.377 e. The van der Waals surface area contributed by atoms with Crippen LogP contribution >= 0.6 is 11.3 Å². The number of nitrogens with one attached hydrogen (secondary N) is 2. The van der Waals surface area contributed by atoms with Crippen LogP contribution in [0.25, 0.3) is 0 Å². The largest absolute Gasteiger partial charge is 0.377 e. The number of nitrogens with two attached hydrogens (primary N) is 1. The minimum atomic E-state index is -3.36. The highest BCUT2D eigenvalue weighted by Gasteiger charge is 2.54. The van der Waals surface area contributed by atoms with E-state index in [0.717, 1.165) is 29.7 Å². The van der Waals surface area contributed by atoms with E-state index < -0.39 is 23.7 Å². The predicted molar refractivity (Wildman–Crippen MR) is 127 cm³/mol. The fourth-order valence-corrected chi connectivity index (χ4v) is 5.10. The van der Waals surface area contributed by atoms with Gasteiger partial charge in [0.05, 0.1) is 35.7 Å². The van der Waals surface area contributed by atoms with Crippen LogP contribution in [0.5, 0.6) is 0 Å². The molecule has 1 aliphatic heterocycles. The first-order valence-corrected chi connectivity index (χ1v) is 12.3. The van der Waals surface area contributed by atoms with Crippen LogP contribution < -0.4 is 16.4 Å². The maximum atomic E-state index is 13.5. The lowest BCUT2D eigenvalue weighted by Crippen LogP contribution is -2.56. The van der Waals surface area contributed by atoms with Gasteiger partial charge in [-0.1, -0.05) is 30.3 Å². The molecule has 3 unspecified atom stereocenters. The minimum absolute atomic E-state index is 0.0630. The normalized spacial score (nSPS) is 21.3. The first-order chi connectivity index (χ1) is 16.6. The van der Waals surface area contributed by atoms with Crippen LogP contribution in [0.4, 0.5) is 8.78 Å². The van der Waals surface area contributed by atoms with Gasteiger partial charge in [0, 0.05) is 24.9 Å². The lowest BCUT2D eigenvalue weighted by molar-refractivity contribution is -0.142. The number of halogens is 2. The molecule has 35 heavy (non-hydrogen) atoms. The molecule has 1 aromatic carbocycles. The number of alkyl halides is 2. The van der Waals surface area contributed by atoms with Gasteiger partial charge in [-0.2, -0.15) is 0 Å². The summed E-state index contributed by atoms with van der Waals surface area (Å²) < 4.78 is 32.0. The lowest BCUT2D eigenvalue weighted by Gasteiger charge is -2.38. The maximum Gasteiger partial charge on any atom is 0.283 e. The summed E-state index contributed by atoms with van der Waals surface area (Å²) in [4.78, 5) is 28.8. The second-order valence-electron chi connectivity index (χ2n) is 9.09. The van der Waals surface area contributed by atoms with E-state index in [2.05, 4.69) is 10.6 Å². The Morgan fingerprint density at radius 3 is 2.66 bits per heavy atom. The topological polar surface area (TPSA) is 117 Å². The van der Waals surface area contributed by atoms with E-state index in [-0.39, 0.29) is 24.4 Å². The van der Waals surface area contributed by atoms with Gasteiger partial charge in [0.15, 0.2) is 6.23 Å². The average molecular weight is 509 g/mol. The summed E-state index contributed by atoms with van der Waals surface area (Å²) in [6, 6.07) is 12.6. The maximum absolute atomic E-state index is 13.5. The van der Waals surface area contributed by atoms with E-state index in [4.69, 9.17) is 10.5 Å². The van der Waals surface area contributed by atoms with Crippen LogP contribution in [0.2, 0.25) is 0 Å². The zero-order valence-corrected chi connectivity index (χ0v) is 20.2. The molecule has 0 spiro atoms. The molecule has 0 radical (unpaired) electrons. The Hall–Kier alpha value is -2.44. The van der Waals surface area contributed by atoms with Gasteiger partial charge in [-0.15, -0.1) is 11.3 Å². The summed E-state index contributed by atoms with van der Waals surface area (Å²) in [6.07, 6.45) is -1.57. The molecule has 4 rings (SSSR count). The Kier molecular flexibility index (Phi) is 7.53. The summed E-state index contributed by atoms with van der Waals surface area (Å²) >= 11 is 1.04. The number of amides is 2. The highest BCUT2D eigenvalue weighted by molar-refractivity contribution is 7.14. The Morgan fingerprint density at radius 2 is 2.00 bits per heavy atom. The average Bonchev–Trinajstić information content (AvgIpc) is 3.51. The summed E-state index contributed by atoms with van der Waals surface area (Å²) in [5.74, 6) is -3.66. The van der Waals surface area contributed by atoms with Crippen molar-refractivity contribution in [2.24, 2.45) is 5.73 Å². The van der Waals surface area contributed by atoms with Gasteiger partial charge in [-0.05, 0) is 30.5 Å². The fourth-order valence-electron chi connectivity index (χ4n) is 4.21. The van der Waals surface area contributed by atoms with Crippen LogP contribution in [0.15, 0.2) is 42.5 Å². The fraction of sp³-hybridized carbons (Fsp3) is 0.500. The van der Waals surface area contributed by atoms with Crippen molar-refractivity contribution in [2.75, 3.05) is 26.3 Å². The van der Waals surface area contributed by atoms with E-state index in [1.54, 1.807) is 12.1 Å². The predicted octanol–water partition coefficient (Wildman–Crippen LogP) is 1.96. The van der Waals surface area contributed by atoms with Crippen molar-refractivity contribution in [1.82, 2.24) is 15.5 Å². The van der Waals surface area contributed by atoms with Crippen molar-refractivity contribution in [3.63, 3.8) is 0 Å². The number of carbonyl (C=O) groups is 2. The molecule has 2 aliphatic rings. The van der Waals surface area contributed by atoms with Crippen molar-refractivity contribution in [2.45, 2.75) is 49.5 Å². The number of ether oxygens (including phenoxy) is 1. The first kappa shape index (κ1) is 25.6. The second-order valence-corrected chi connectivity index (χ2v) is 10.2. The monoisotopic (exact) mass is 508 g/mol. The Labute approximate surface area is 206 Å². The quantitative estimate of drug-likeness (QED) is 0.385. The number of thiophene rings is 1. The van der Waals surface area contributed by atoms with Crippen LogP contribution in [0.3, 0.4) is 0 Å². The Balaban J connectivity index is 1.36. The van der Waals surface area contributed by atoms with E-state index in [1.165, 1.54) is 0 Å². The highest BCUT2D eigenvalue weighted by atomic mass is 32.1. The third-order valence-electron chi connectivity index (χ3n) is 6.45. The Bertz CT molecular complexity index is 1040. The smallest absolute Gasteiger partial charge is 0.283 e. The highest BCUT2D eigenvalue weighted by Crippen LogP contribution is 2.49. The first-order valence-electron chi connectivity index (χ1n) is 11.5. The molecule has 0 bridgehead atoms. The molecule has 2 fully saturated rings. The number of rotatable bonds is 9. The van der Waals surface area contributed by atoms with Crippen molar-refractivity contribution < 1.29 is 28.2 Å². The molecule has 1 saturated carbocycles. The molecule has 1 aliphatic carbocycles. The molecular formula is C24H30F2N4O4S. The van der Waals surface area contributed by atoms with Crippen LogP contribution in [-0.4, -0.2) is 66.3 Å². The Morgan fingerprint density at radius 1 is 1.29 bits per heavy atom. The third kappa shape index (κ3) is 5.70. The van der Waals surface area contributed by atoms with Gasteiger partial charge < -0.3 is 25.8 Å². The van der Waals surface area contributed by atoms with E-state index >= 15 is 0 Å². The lowest BCUT2D eigenvalue weighted by atomic mass is 9.93. The molecule has 8 nitrogen and oxygen atoms in total. The van der Waals surface area contributed by atoms with Gasteiger partial charge in [-0.3, -0.25) is 14.9 Å². The number of benzene rings is 1. The number of carbonyl (C=O) groups excluding carboxylic acids is 2. The zero-order valence-electron chi connectivity index (χ0n) is 19.4. The molecular weight excluding hydrogens is 478 g/mol. The van der Waals surface area contributed by atoms with Crippen LogP contribution in [0.1, 0.15) is 46.0 Å². The van der Waals surface area contributed by atoms with Crippen LogP contribution in [0, 0.1) is 0 Å². The summed E-state index contributed by atoms with van der Waals surface area (Å²) in [6.45, 7) is 2.03. The van der Waals surface area contributed by atoms with Crippen molar-refractivity contribution in [3.8, 4) is 0 Å². The second kappa shape index (κ2) is 10.3. The number of aliphatic hydroxyl groups excluding tert-OH is 1. The SMILES string of the molecule is CC(F)(F)C(O)NC(N)c1ccc(C(=O)NCC2COCCN2C(=O)C2(c3ccccc3)CC2)s1. The molecule has 2 aromatic rings. The number of nitrogens with zero attached hydrogens (tertiary/aromatic N) is 1. The van der Waals surface area contributed by atoms with E-state index in [0.29, 0.717) is 36.4 Å². The molecule has 5 N–H and O–H groups in total. The molecule has 3 atom stereocenters. The zero-order chi connectivity index (χ0) is 25.2. The molecule has 190 valence electrons. The number of aliphatic hydroxyl groups is 1. The van der Waals surface area contributed by atoms with Gasteiger partial charge in [0.25, 0.3) is 11.8 Å². The van der Waals surface area contributed by atoms with E-state index in [9.17, 15) is 23.5 Å². The summed E-state index contributed by atoms with van der Waals surface area (Å²) in [5, 5.41) is 14.6. The number of morpholine rings is 1. The van der Waals surface area contributed by atoms with Gasteiger partial charge in [-0.25, -0.2) is 8.78 Å². The number of hydrogen-bond acceptors (Lipinski definition) is 7. The molecule has 2 amide bonds. The summed E-state index contributed by atoms with van der Waals surface area (Å²) in [7, 11) is 0. The molecule has 1 aromatic heterocycles. The third-order valence-corrected chi connectivity index (χ3v) is 7.61. The molecule has 11 heteroatoms. The van der Waals surface area contributed by atoms with Crippen LogP contribution in [-0.2, 0) is 14.9 Å². The van der Waals surface area contributed by atoms with Gasteiger partial charge >= 0.3 is 0 Å². The standard InChI is InChI=1S/C24H30F2N4O4S/c1-23(25,26)21(32)29-19(27)17-7-8-18(35-17)20(31)28-13-16-14-34-12-11-30(16)22(33)24(9-10-24)15-5-3-2-4-6-15/h2-8,16,19,21,29,32H,9-14,27H2,1H3,(H,28,31). The van der Waals surface area contributed by atoms with Gasteiger partial charge in [0.1, 0.15) is 0 Å². The molecule has 1 saturated heterocycles. The molecule has 2 heterocycles. The van der Waals surface area contributed by atoms with E-state index in [1.807, 2.05) is 35.2 Å².